The van der Waals surface area contributed by atoms with Crippen LogP contribution in [0.5, 0.6) is 5.88 Å². The predicted molar refractivity (Wildman–Crippen MR) is 106 cm³/mol. The van der Waals surface area contributed by atoms with Crippen molar-refractivity contribution >= 4 is 17.7 Å². The molecule has 4 rings (SSSR count). The minimum atomic E-state index is -0.0719. The van der Waals surface area contributed by atoms with Gasteiger partial charge in [-0.25, -0.2) is 4.98 Å². The van der Waals surface area contributed by atoms with Crippen LogP contribution in [0.4, 0.5) is 11.8 Å². The van der Waals surface area contributed by atoms with Crippen LogP contribution in [0.3, 0.4) is 0 Å². The van der Waals surface area contributed by atoms with E-state index in [0.717, 1.165) is 57.1 Å². The lowest BCUT2D eigenvalue weighted by Gasteiger charge is -2.42. The Morgan fingerprint density at radius 1 is 1.18 bits per heavy atom. The number of hydrogen-bond donors (Lipinski definition) is 0. The number of aryl methyl sites for hydroxylation is 2. The third-order valence-corrected chi connectivity index (χ3v) is 5.53. The van der Waals surface area contributed by atoms with Crippen LogP contribution < -0.4 is 14.5 Å². The first-order valence-corrected chi connectivity index (χ1v) is 9.75. The zero-order valence-electron chi connectivity index (χ0n) is 16.7. The van der Waals surface area contributed by atoms with E-state index >= 15 is 0 Å². The summed E-state index contributed by atoms with van der Waals surface area (Å²) in [6.07, 6.45) is 3.62. The van der Waals surface area contributed by atoms with Crippen LogP contribution in [0, 0.1) is 6.92 Å². The van der Waals surface area contributed by atoms with Gasteiger partial charge in [0.05, 0.1) is 18.8 Å². The largest absolute Gasteiger partial charge is 0.481 e. The van der Waals surface area contributed by atoms with Gasteiger partial charge in [0.1, 0.15) is 5.82 Å². The highest BCUT2D eigenvalue weighted by molar-refractivity contribution is 5.97. The predicted octanol–water partition coefficient (Wildman–Crippen LogP) is 0.845. The molecule has 0 saturated carbocycles. The minimum Gasteiger partial charge on any atom is -0.481 e. The Balaban J connectivity index is 1.42. The molecule has 0 aromatic carbocycles. The molecule has 2 aliphatic heterocycles. The van der Waals surface area contributed by atoms with Crippen molar-refractivity contribution in [1.29, 1.82) is 0 Å². The normalized spacial score (nSPS) is 21.2. The number of anilines is 2. The van der Waals surface area contributed by atoms with Crippen molar-refractivity contribution in [3.63, 3.8) is 0 Å². The third-order valence-electron chi connectivity index (χ3n) is 5.53. The molecular weight excluding hydrogens is 358 g/mol. The van der Waals surface area contributed by atoms with Crippen molar-refractivity contribution in [3.05, 3.63) is 24.0 Å². The van der Waals surface area contributed by atoms with Crippen LogP contribution in [0.25, 0.3) is 0 Å². The second kappa shape index (κ2) is 7.75. The summed E-state index contributed by atoms with van der Waals surface area (Å²) >= 11 is 0. The number of aromatic nitrogens is 4. The lowest BCUT2D eigenvalue weighted by molar-refractivity contribution is -0.125. The smallest absolute Gasteiger partial charge is 0.245 e. The maximum atomic E-state index is 13.2. The molecule has 4 heterocycles. The molecular formula is C19H27N7O2. The lowest BCUT2D eigenvalue weighted by atomic mass is 10.0. The van der Waals surface area contributed by atoms with Crippen molar-refractivity contribution < 1.29 is 9.53 Å². The summed E-state index contributed by atoms with van der Waals surface area (Å²) in [7, 11) is 3.50. The van der Waals surface area contributed by atoms with E-state index in [2.05, 4.69) is 24.9 Å². The van der Waals surface area contributed by atoms with Gasteiger partial charge in [0.25, 0.3) is 0 Å². The van der Waals surface area contributed by atoms with E-state index in [4.69, 9.17) is 4.74 Å². The Labute approximate surface area is 164 Å². The summed E-state index contributed by atoms with van der Waals surface area (Å²) in [5.74, 6) is 2.31. The number of piperazine rings is 1. The number of piperidine rings is 1. The molecule has 2 aromatic heterocycles. The van der Waals surface area contributed by atoms with Gasteiger partial charge in [-0.15, -0.1) is 0 Å². The summed E-state index contributed by atoms with van der Waals surface area (Å²) in [6, 6.07) is 3.66. The summed E-state index contributed by atoms with van der Waals surface area (Å²) in [5.41, 5.74) is 0.930. The van der Waals surface area contributed by atoms with E-state index in [1.807, 2.05) is 24.9 Å². The van der Waals surface area contributed by atoms with Gasteiger partial charge >= 0.3 is 0 Å². The fourth-order valence-corrected chi connectivity index (χ4v) is 4.10. The number of amides is 1. The molecule has 0 radical (unpaired) electrons. The average molecular weight is 385 g/mol. The van der Waals surface area contributed by atoms with E-state index in [-0.39, 0.29) is 11.9 Å². The SMILES string of the molecule is COc1ccnc(N2CCN(C3CCCN(c4cc(C)nn4C)C3=O)CC2)n1. The fourth-order valence-electron chi connectivity index (χ4n) is 4.10. The van der Waals surface area contributed by atoms with Crippen molar-refractivity contribution in [2.75, 3.05) is 49.6 Å². The molecule has 0 aliphatic carbocycles. The van der Waals surface area contributed by atoms with Gasteiger partial charge < -0.3 is 9.64 Å². The zero-order valence-corrected chi connectivity index (χ0v) is 16.7. The first-order chi connectivity index (χ1) is 13.6. The second-order valence-electron chi connectivity index (χ2n) is 7.34. The maximum absolute atomic E-state index is 13.2. The van der Waals surface area contributed by atoms with Crippen molar-refractivity contribution in [2.24, 2.45) is 7.05 Å². The van der Waals surface area contributed by atoms with Crippen LogP contribution in [-0.2, 0) is 11.8 Å². The lowest BCUT2D eigenvalue weighted by Crippen LogP contribution is -2.58. The van der Waals surface area contributed by atoms with E-state index in [1.54, 1.807) is 24.1 Å². The molecule has 1 atom stereocenters. The standard InChI is InChI=1S/C19H27N7O2/c1-14-13-17(23(2)22-14)26-8-4-5-15(18(26)27)24-9-11-25(12-10-24)19-20-7-6-16(21-19)28-3/h6-7,13,15H,4-5,8-12H2,1-3H3. The van der Waals surface area contributed by atoms with Crippen LogP contribution in [0.2, 0.25) is 0 Å². The third kappa shape index (κ3) is 3.54. The highest BCUT2D eigenvalue weighted by atomic mass is 16.5. The summed E-state index contributed by atoms with van der Waals surface area (Å²) in [4.78, 5) is 28.3. The number of rotatable bonds is 4. The van der Waals surface area contributed by atoms with Gasteiger partial charge in [-0.05, 0) is 19.8 Å². The van der Waals surface area contributed by atoms with Gasteiger partial charge in [0.2, 0.25) is 17.7 Å². The Morgan fingerprint density at radius 3 is 2.64 bits per heavy atom. The quantitative estimate of drug-likeness (QED) is 0.772. The molecule has 2 fully saturated rings. The minimum absolute atomic E-state index is 0.0719. The molecule has 1 amide bonds. The Hall–Kier alpha value is -2.68. The average Bonchev–Trinajstić information content (AvgIpc) is 3.06. The number of nitrogens with zero attached hydrogens (tertiary/aromatic N) is 7. The van der Waals surface area contributed by atoms with Crippen LogP contribution in [-0.4, -0.2) is 76.4 Å². The van der Waals surface area contributed by atoms with Crippen molar-refractivity contribution in [2.45, 2.75) is 25.8 Å². The molecule has 28 heavy (non-hydrogen) atoms. The first-order valence-electron chi connectivity index (χ1n) is 9.75. The fraction of sp³-hybridized carbons (Fsp3) is 0.579. The topological polar surface area (TPSA) is 79.6 Å². The van der Waals surface area contributed by atoms with Gasteiger partial charge in [0, 0.05) is 58.1 Å². The van der Waals surface area contributed by atoms with Gasteiger partial charge in [-0.3, -0.25) is 19.3 Å². The second-order valence-corrected chi connectivity index (χ2v) is 7.34. The molecule has 2 aliphatic rings. The molecule has 2 aromatic rings. The van der Waals surface area contributed by atoms with E-state index in [0.29, 0.717) is 11.8 Å². The van der Waals surface area contributed by atoms with Gasteiger partial charge in [0.15, 0.2) is 0 Å². The summed E-state index contributed by atoms with van der Waals surface area (Å²) in [5, 5.41) is 4.39. The number of carbonyl (C=O) groups is 1. The molecule has 0 spiro atoms. The molecule has 150 valence electrons. The Bertz CT molecular complexity index is 845. The van der Waals surface area contributed by atoms with Crippen molar-refractivity contribution in [3.8, 4) is 5.88 Å². The molecule has 1 unspecified atom stereocenters. The highest BCUT2D eigenvalue weighted by Gasteiger charge is 2.36. The molecule has 2 saturated heterocycles. The number of carbonyl (C=O) groups excluding carboxylic acids is 1. The number of hydrogen-bond acceptors (Lipinski definition) is 7. The Kier molecular flexibility index (Phi) is 5.17. The van der Waals surface area contributed by atoms with E-state index in [1.165, 1.54) is 0 Å². The van der Waals surface area contributed by atoms with Crippen LogP contribution >= 0.6 is 0 Å². The Morgan fingerprint density at radius 2 is 1.96 bits per heavy atom. The van der Waals surface area contributed by atoms with Gasteiger partial charge in [-0.2, -0.15) is 10.1 Å². The molecule has 9 nitrogen and oxygen atoms in total. The van der Waals surface area contributed by atoms with Gasteiger partial charge in [-0.1, -0.05) is 0 Å². The van der Waals surface area contributed by atoms with Crippen LogP contribution in [0.15, 0.2) is 18.3 Å². The van der Waals surface area contributed by atoms with Crippen LogP contribution in [0.1, 0.15) is 18.5 Å². The van der Waals surface area contributed by atoms with E-state index in [9.17, 15) is 4.79 Å². The number of ether oxygens (including phenoxy) is 1. The molecule has 9 heteroatoms. The summed E-state index contributed by atoms with van der Waals surface area (Å²) in [6.45, 7) is 5.93. The molecule has 0 N–H and O–H groups in total. The maximum Gasteiger partial charge on any atom is 0.245 e. The summed E-state index contributed by atoms with van der Waals surface area (Å²) < 4.78 is 7.00. The van der Waals surface area contributed by atoms with E-state index < -0.39 is 0 Å². The molecule has 0 bridgehead atoms. The number of methoxy groups -OCH3 is 1. The highest BCUT2D eigenvalue weighted by Crippen LogP contribution is 2.25. The monoisotopic (exact) mass is 385 g/mol. The van der Waals surface area contributed by atoms with Crippen molar-refractivity contribution in [1.82, 2.24) is 24.6 Å². The zero-order chi connectivity index (χ0) is 19.7. The first kappa shape index (κ1) is 18.7.